The molecule has 0 aromatic heterocycles. The second-order valence-electron chi connectivity index (χ2n) is 6.38. The lowest BCUT2D eigenvalue weighted by molar-refractivity contribution is 0.0974. The number of ether oxygens (including phenoxy) is 1. The molecule has 4 heteroatoms. The minimum Gasteiger partial charge on any atom is -0.445 e. The van der Waals surface area contributed by atoms with E-state index in [0.29, 0.717) is 6.61 Å². The van der Waals surface area contributed by atoms with Crippen LogP contribution in [-0.2, 0) is 11.3 Å². The lowest BCUT2D eigenvalue weighted by Crippen LogP contribution is -2.35. The third-order valence-corrected chi connectivity index (χ3v) is 4.66. The van der Waals surface area contributed by atoms with Gasteiger partial charge in [0, 0.05) is 13.1 Å². The van der Waals surface area contributed by atoms with Crippen molar-refractivity contribution in [3.63, 3.8) is 0 Å². The molecule has 3 rings (SSSR count). The van der Waals surface area contributed by atoms with Crippen LogP contribution in [0.4, 0.5) is 4.79 Å². The Morgan fingerprint density at radius 2 is 1.91 bits per heavy atom. The van der Waals surface area contributed by atoms with Crippen LogP contribution in [0.15, 0.2) is 42.5 Å². The van der Waals surface area contributed by atoms with Gasteiger partial charge < -0.3 is 9.64 Å². The van der Waals surface area contributed by atoms with E-state index in [1.807, 2.05) is 35.2 Å². The smallest absolute Gasteiger partial charge is 0.410 e. The largest absolute Gasteiger partial charge is 0.445 e. The number of rotatable bonds is 5. The highest BCUT2D eigenvalue weighted by molar-refractivity contribution is 5.68. The average Bonchev–Trinajstić information content (AvgIpc) is 3.25. The highest BCUT2D eigenvalue weighted by Gasteiger charge is 2.27. The summed E-state index contributed by atoms with van der Waals surface area (Å²) >= 11 is 0. The van der Waals surface area contributed by atoms with Gasteiger partial charge in [-0.05, 0) is 44.3 Å². The molecule has 2 heterocycles. The van der Waals surface area contributed by atoms with Crippen LogP contribution in [0.3, 0.4) is 0 Å². The van der Waals surface area contributed by atoms with Crippen molar-refractivity contribution in [2.75, 3.05) is 26.2 Å². The number of carbonyl (C=O) groups is 1. The van der Waals surface area contributed by atoms with Crippen molar-refractivity contribution < 1.29 is 9.53 Å². The lowest BCUT2D eigenvalue weighted by Gasteiger charge is -2.22. The van der Waals surface area contributed by atoms with E-state index in [1.54, 1.807) is 0 Å². The van der Waals surface area contributed by atoms with Gasteiger partial charge in [0.1, 0.15) is 6.61 Å². The molecule has 1 unspecified atom stereocenters. The zero-order valence-corrected chi connectivity index (χ0v) is 13.7. The summed E-state index contributed by atoms with van der Waals surface area (Å²) in [4.78, 5) is 16.6. The summed E-state index contributed by atoms with van der Waals surface area (Å²) in [5.74, 6) is 0. The molecule has 23 heavy (non-hydrogen) atoms. The van der Waals surface area contributed by atoms with E-state index in [2.05, 4.69) is 17.1 Å². The normalized spacial score (nSPS) is 22.1. The van der Waals surface area contributed by atoms with Gasteiger partial charge in [0.15, 0.2) is 0 Å². The van der Waals surface area contributed by atoms with Crippen molar-refractivity contribution in [2.24, 2.45) is 0 Å². The van der Waals surface area contributed by atoms with Crippen LogP contribution in [0.25, 0.3) is 0 Å². The summed E-state index contributed by atoms with van der Waals surface area (Å²) in [6.45, 7) is 4.56. The SMILES string of the molecule is O=C(OCc1ccccc1)N1CCCC1C=CCN1CCCC1. The van der Waals surface area contributed by atoms with Crippen molar-refractivity contribution >= 4 is 6.09 Å². The third-order valence-electron chi connectivity index (χ3n) is 4.66. The Morgan fingerprint density at radius 3 is 2.70 bits per heavy atom. The maximum atomic E-state index is 12.3. The van der Waals surface area contributed by atoms with E-state index in [-0.39, 0.29) is 12.1 Å². The summed E-state index contributed by atoms with van der Waals surface area (Å²) in [6.07, 6.45) is 8.94. The Kier molecular flexibility index (Phi) is 5.70. The summed E-state index contributed by atoms with van der Waals surface area (Å²) in [5, 5.41) is 0. The predicted octanol–water partition coefficient (Wildman–Crippen LogP) is 3.44. The molecule has 4 nitrogen and oxygen atoms in total. The first-order chi connectivity index (χ1) is 11.3. The lowest BCUT2D eigenvalue weighted by atomic mass is 10.2. The molecular weight excluding hydrogens is 288 g/mol. The summed E-state index contributed by atoms with van der Waals surface area (Å²) in [5.41, 5.74) is 1.03. The van der Waals surface area contributed by atoms with Gasteiger partial charge in [-0.1, -0.05) is 42.5 Å². The van der Waals surface area contributed by atoms with E-state index in [1.165, 1.54) is 25.9 Å². The van der Waals surface area contributed by atoms with Gasteiger partial charge in [0.2, 0.25) is 0 Å². The van der Waals surface area contributed by atoms with E-state index in [0.717, 1.165) is 31.5 Å². The average molecular weight is 314 g/mol. The molecule has 124 valence electrons. The molecule has 0 saturated carbocycles. The molecule has 0 spiro atoms. The van der Waals surface area contributed by atoms with Crippen LogP contribution in [0.5, 0.6) is 0 Å². The predicted molar refractivity (Wildman–Crippen MR) is 91.2 cm³/mol. The molecule has 2 aliphatic heterocycles. The zero-order valence-electron chi connectivity index (χ0n) is 13.7. The number of likely N-dealkylation sites (tertiary alicyclic amines) is 2. The maximum absolute atomic E-state index is 12.3. The standard InChI is InChI=1S/C19H26N2O2/c22-19(23-16-17-8-2-1-3-9-17)21-15-7-11-18(21)10-6-14-20-12-4-5-13-20/h1-3,6,8-10,18H,4-5,7,11-16H2. The van der Waals surface area contributed by atoms with Gasteiger partial charge in [-0.3, -0.25) is 4.90 Å². The fourth-order valence-electron chi connectivity index (χ4n) is 3.35. The number of benzene rings is 1. The molecule has 1 aromatic carbocycles. The zero-order chi connectivity index (χ0) is 15.9. The number of hydrogen-bond acceptors (Lipinski definition) is 3. The summed E-state index contributed by atoms with van der Waals surface area (Å²) < 4.78 is 5.46. The molecule has 0 aliphatic carbocycles. The van der Waals surface area contributed by atoms with Gasteiger partial charge >= 0.3 is 6.09 Å². The van der Waals surface area contributed by atoms with Gasteiger partial charge in [0.25, 0.3) is 0 Å². The molecule has 1 aromatic rings. The molecule has 2 aliphatic rings. The molecule has 0 bridgehead atoms. The van der Waals surface area contributed by atoms with Crippen LogP contribution < -0.4 is 0 Å². The molecule has 2 saturated heterocycles. The van der Waals surface area contributed by atoms with Crippen molar-refractivity contribution in [3.8, 4) is 0 Å². The van der Waals surface area contributed by atoms with E-state index >= 15 is 0 Å². The highest BCUT2D eigenvalue weighted by Crippen LogP contribution is 2.20. The second-order valence-corrected chi connectivity index (χ2v) is 6.38. The van der Waals surface area contributed by atoms with Crippen LogP contribution in [0, 0.1) is 0 Å². The number of hydrogen-bond donors (Lipinski definition) is 0. The van der Waals surface area contributed by atoms with E-state index in [4.69, 9.17) is 4.74 Å². The van der Waals surface area contributed by atoms with Crippen LogP contribution in [0.2, 0.25) is 0 Å². The minimum absolute atomic E-state index is 0.192. The van der Waals surface area contributed by atoms with E-state index in [9.17, 15) is 4.79 Å². The van der Waals surface area contributed by atoms with Crippen LogP contribution in [0.1, 0.15) is 31.2 Å². The first-order valence-corrected chi connectivity index (χ1v) is 8.69. The summed E-state index contributed by atoms with van der Waals surface area (Å²) in [7, 11) is 0. The Morgan fingerprint density at radius 1 is 1.13 bits per heavy atom. The topological polar surface area (TPSA) is 32.8 Å². The van der Waals surface area contributed by atoms with Gasteiger partial charge in [-0.15, -0.1) is 0 Å². The van der Waals surface area contributed by atoms with Crippen molar-refractivity contribution in [3.05, 3.63) is 48.0 Å². The van der Waals surface area contributed by atoms with Gasteiger partial charge in [-0.2, -0.15) is 0 Å². The third kappa shape index (κ3) is 4.58. The Labute approximate surface area is 138 Å². The Hall–Kier alpha value is -1.81. The summed E-state index contributed by atoms with van der Waals surface area (Å²) in [6, 6.07) is 10.0. The molecule has 1 amide bonds. The first-order valence-electron chi connectivity index (χ1n) is 8.69. The molecule has 2 fully saturated rings. The maximum Gasteiger partial charge on any atom is 0.410 e. The van der Waals surface area contributed by atoms with Gasteiger partial charge in [0.05, 0.1) is 6.04 Å². The fraction of sp³-hybridized carbons (Fsp3) is 0.526. The molecule has 0 radical (unpaired) electrons. The molecular formula is C19H26N2O2. The Bertz CT molecular complexity index is 523. The number of carbonyl (C=O) groups excluding carboxylic acids is 1. The number of amides is 1. The minimum atomic E-state index is -0.192. The van der Waals surface area contributed by atoms with E-state index < -0.39 is 0 Å². The second kappa shape index (κ2) is 8.16. The first kappa shape index (κ1) is 16.1. The van der Waals surface area contributed by atoms with Gasteiger partial charge in [-0.25, -0.2) is 4.79 Å². The molecule has 0 N–H and O–H groups in total. The number of nitrogens with zero attached hydrogens (tertiary/aromatic N) is 2. The van der Waals surface area contributed by atoms with Crippen molar-refractivity contribution in [2.45, 2.75) is 38.3 Å². The molecule has 1 atom stereocenters. The van der Waals surface area contributed by atoms with Crippen LogP contribution in [-0.4, -0.2) is 48.1 Å². The quantitative estimate of drug-likeness (QED) is 0.781. The van der Waals surface area contributed by atoms with Crippen LogP contribution >= 0.6 is 0 Å². The van der Waals surface area contributed by atoms with Crippen molar-refractivity contribution in [1.82, 2.24) is 9.80 Å². The fourth-order valence-corrected chi connectivity index (χ4v) is 3.35. The monoisotopic (exact) mass is 314 g/mol. The highest BCUT2D eigenvalue weighted by atomic mass is 16.6. The van der Waals surface area contributed by atoms with Crippen molar-refractivity contribution in [1.29, 1.82) is 0 Å². The Balaban J connectivity index is 1.47.